The van der Waals surface area contributed by atoms with Gasteiger partial charge in [-0.05, 0) is 45.5 Å². The maximum absolute atomic E-state index is 2.33. The van der Waals surface area contributed by atoms with Crippen molar-refractivity contribution in [3.8, 4) is 0 Å². The summed E-state index contributed by atoms with van der Waals surface area (Å²) in [7, 11) is 4.26. The van der Waals surface area contributed by atoms with Crippen LogP contribution in [-0.2, 0) is 6.54 Å². The highest BCUT2D eigenvalue weighted by Gasteiger charge is 2.21. The van der Waals surface area contributed by atoms with E-state index < -0.39 is 0 Å². The van der Waals surface area contributed by atoms with Crippen molar-refractivity contribution in [3.63, 3.8) is 0 Å². The van der Waals surface area contributed by atoms with Gasteiger partial charge in [0.25, 0.3) is 0 Å². The number of hydrogen-bond acceptors (Lipinski definition) is 1. The Morgan fingerprint density at radius 3 is 2.50 bits per heavy atom. The van der Waals surface area contributed by atoms with Crippen LogP contribution in [0, 0.1) is 0 Å². The third-order valence-electron chi connectivity index (χ3n) is 3.45. The molecular formula is C14H20N2. The third kappa shape index (κ3) is 1.98. The van der Waals surface area contributed by atoms with Crippen LogP contribution < -0.4 is 0 Å². The zero-order valence-corrected chi connectivity index (χ0v) is 10.6. The van der Waals surface area contributed by atoms with E-state index in [1.807, 2.05) is 0 Å². The molecular weight excluding hydrogens is 196 g/mol. The van der Waals surface area contributed by atoms with Crippen LogP contribution in [0.1, 0.15) is 13.8 Å². The highest BCUT2D eigenvalue weighted by molar-refractivity contribution is 5.79. The summed E-state index contributed by atoms with van der Waals surface area (Å²) >= 11 is 0. The first kappa shape index (κ1) is 11.2. The molecule has 2 heteroatoms. The van der Waals surface area contributed by atoms with Gasteiger partial charge < -0.3 is 9.47 Å². The van der Waals surface area contributed by atoms with Crippen molar-refractivity contribution in [1.82, 2.24) is 9.47 Å². The first-order valence-corrected chi connectivity index (χ1v) is 5.72. The van der Waals surface area contributed by atoms with E-state index in [0.29, 0.717) is 0 Å². The number of rotatable bonds is 3. The molecule has 0 spiro atoms. The standard InChI is InChI=1S/C14H20N2/c1-14(2,15(3)4)11-16-10-9-12-7-5-6-8-13(12)16/h5-10H,11H2,1-4H3. The normalized spacial score (nSPS) is 12.6. The second-order valence-electron chi connectivity index (χ2n) is 5.21. The van der Waals surface area contributed by atoms with Gasteiger partial charge in [0.2, 0.25) is 0 Å². The Bertz CT molecular complexity index is 480. The lowest BCUT2D eigenvalue weighted by Gasteiger charge is -2.33. The largest absolute Gasteiger partial charge is 0.346 e. The van der Waals surface area contributed by atoms with E-state index >= 15 is 0 Å². The molecule has 2 aromatic rings. The lowest BCUT2D eigenvalue weighted by molar-refractivity contribution is 0.171. The van der Waals surface area contributed by atoms with E-state index in [4.69, 9.17) is 0 Å². The van der Waals surface area contributed by atoms with Crippen molar-refractivity contribution < 1.29 is 0 Å². The average Bonchev–Trinajstić information content (AvgIpc) is 2.61. The van der Waals surface area contributed by atoms with E-state index in [2.05, 4.69) is 73.9 Å². The van der Waals surface area contributed by atoms with Crippen LogP contribution in [0.15, 0.2) is 36.5 Å². The lowest BCUT2D eigenvalue weighted by atomic mass is 10.0. The predicted octanol–water partition coefficient (Wildman–Crippen LogP) is 2.98. The van der Waals surface area contributed by atoms with Gasteiger partial charge in [-0.15, -0.1) is 0 Å². The van der Waals surface area contributed by atoms with Gasteiger partial charge >= 0.3 is 0 Å². The molecule has 0 radical (unpaired) electrons. The zero-order chi connectivity index (χ0) is 11.8. The van der Waals surface area contributed by atoms with Gasteiger partial charge in [-0.2, -0.15) is 0 Å². The molecule has 0 saturated heterocycles. The number of fused-ring (bicyclic) bond motifs is 1. The molecule has 0 fully saturated rings. The van der Waals surface area contributed by atoms with Crippen molar-refractivity contribution in [2.24, 2.45) is 0 Å². The van der Waals surface area contributed by atoms with Crippen molar-refractivity contribution >= 4 is 10.9 Å². The van der Waals surface area contributed by atoms with Gasteiger partial charge in [0.15, 0.2) is 0 Å². The zero-order valence-electron chi connectivity index (χ0n) is 10.6. The Balaban J connectivity index is 2.35. The smallest absolute Gasteiger partial charge is 0.0480 e. The Kier molecular flexibility index (Phi) is 2.76. The van der Waals surface area contributed by atoms with Gasteiger partial charge in [-0.3, -0.25) is 0 Å². The lowest BCUT2D eigenvalue weighted by Crippen LogP contribution is -2.41. The maximum atomic E-state index is 2.33. The number of para-hydroxylation sites is 1. The second-order valence-corrected chi connectivity index (χ2v) is 5.21. The van der Waals surface area contributed by atoms with Crippen LogP contribution in [0.25, 0.3) is 10.9 Å². The molecule has 0 aliphatic carbocycles. The summed E-state index contributed by atoms with van der Waals surface area (Å²) in [6, 6.07) is 10.7. The van der Waals surface area contributed by atoms with Crippen LogP contribution in [-0.4, -0.2) is 29.1 Å². The molecule has 86 valence electrons. The molecule has 2 rings (SSSR count). The van der Waals surface area contributed by atoms with Crippen LogP contribution in [0.4, 0.5) is 0 Å². The maximum Gasteiger partial charge on any atom is 0.0480 e. The van der Waals surface area contributed by atoms with Crippen molar-refractivity contribution in [2.75, 3.05) is 14.1 Å². The van der Waals surface area contributed by atoms with Gasteiger partial charge in [0.1, 0.15) is 0 Å². The Hall–Kier alpha value is -1.28. The molecule has 1 aromatic carbocycles. The molecule has 0 atom stereocenters. The minimum absolute atomic E-state index is 0.168. The average molecular weight is 216 g/mol. The molecule has 0 aliphatic rings. The SMILES string of the molecule is CN(C)C(C)(C)Cn1ccc2ccccc21. The molecule has 0 N–H and O–H groups in total. The fraction of sp³-hybridized carbons (Fsp3) is 0.429. The molecule has 0 bridgehead atoms. The highest BCUT2D eigenvalue weighted by atomic mass is 15.2. The van der Waals surface area contributed by atoms with E-state index in [-0.39, 0.29) is 5.54 Å². The number of aromatic nitrogens is 1. The summed E-state index contributed by atoms with van der Waals surface area (Å²) in [6.07, 6.45) is 2.18. The number of likely N-dealkylation sites (N-methyl/N-ethyl adjacent to an activating group) is 1. The fourth-order valence-electron chi connectivity index (χ4n) is 1.84. The summed E-state index contributed by atoms with van der Waals surface area (Å²) in [5.74, 6) is 0. The van der Waals surface area contributed by atoms with E-state index in [9.17, 15) is 0 Å². The first-order valence-electron chi connectivity index (χ1n) is 5.72. The Morgan fingerprint density at radius 2 is 1.81 bits per heavy atom. The predicted molar refractivity (Wildman–Crippen MR) is 69.7 cm³/mol. The quantitative estimate of drug-likeness (QED) is 0.765. The number of benzene rings is 1. The molecule has 0 unspecified atom stereocenters. The van der Waals surface area contributed by atoms with E-state index in [0.717, 1.165) is 6.54 Å². The van der Waals surface area contributed by atoms with E-state index in [1.165, 1.54) is 10.9 Å². The summed E-state index contributed by atoms with van der Waals surface area (Å²) in [6.45, 7) is 5.54. The topological polar surface area (TPSA) is 8.17 Å². The minimum Gasteiger partial charge on any atom is -0.346 e. The summed E-state index contributed by atoms with van der Waals surface area (Å²) < 4.78 is 2.33. The van der Waals surface area contributed by atoms with Gasteiger partial charge in [0.05, 0.1) is 0 Å². The van der Waals surface area contributed by atoms with Crippen LogP contribution in [0.3, 0.4) is 0 Å². The summed E-state index contributed by atoms with van der Waals surface area (Å²) in [5.41, 5.74) is 1.49. The first-order chi connectivity index (χ1) is 7.50. The van der Waals surface area contributed by atoms with Gasteiger partial charge in [-0.25, -0.2) is 0 Å². The van der Waals surface area contributed by atoms with Gasteiger partial charge in [-0.1, -0.05) is 18.2 Å². The van der Waals surface area contributed by atoms with Crippen molar-refractivity contribution in [2.45, 2.75) is 25.9 Å². The van der Waals surface area contributed by atoms with E-state index in [1.54, 1.807) is 0 Å². The minimum atomic E-state index is 0.168. The summed E-state index contributed by atoms with van der Waals surface area (Å²) in [4.78, 5) is 2.27. The molecule has 16 heavy (non-hydrogen) atoms. The van der Waals surface area contributed by atoms with Crippen LogP contribution in [0.5, 0.6) is 0 Å². The number of hydrogen-bond donors (Lipinski definition) is 0. The van der Waals surface area contributed by atoms with Crippen LogP contribution >= 0.6 is 0 Å². The second kappa shape index (κ2) is 3.95. The van der Waals surface area contributed by atoms with Crippen molar-refractivity contribution in [1.29, 1.82) is 0 Å². The molecule has 0 saturated carbocycles. The van der Waals surface area contributed by atoms with Crippen LogP contribution in [0.2, 0.25) is 0 Å². The molecule has 1 aromatic heterocycles. The Morgan fingerprint density at radius 1 is 1.12 bits per heavy atom. The summed E-state index contributed by atoms with van der Waals surface area (Å²) in [5, 5.41) is 1.32. The van der Waals surface area contributed by atoms with Gasteiger partial charge in [0, 0.05) is 23.8 Å². The third-order valence-corrected chi connectivity index (χ3v) is 3.45. The molecule has 1 heterocycles. The number of nitrogens with zero attached hydrogens (tertiary/aromatic N) is 2. The van der Waals surface area contributed by atoms with Crippen molar-refractivity contribution in [3.05, 3.63) is 36.5 Å². The Labute approximate surface area is 97.5 Å². The molecule has 0 aliphatic heterocycles. The fourth-order valence-corrected chi connectivity index (χ4v) is 1.84. The highest BCUT2D eigenvalue weighted by Crippen LogP contribution is 2.20. The molecule has 0 amide bonds. The molecule has 2 nitrogen and oxygen atoms in total. The monoisotopic (exact) mass is 216 g/mol.